The summed E-state index contributed by atoms with van der Waals surface area (Å²) < 4.78 is 38.8. The summed E-state index contributed by atoms with van der Waals surface area (Å²) in [4.78, 5) is 27.0. The molecule has 0 aromatic heterocycles. The van der Waals surface area contributed by atoms with Crippen LogP contribution in [0.4, 0.5) is 0 Å². The van der Waals surface area contributed by atoms with Crippen molar-refractivity contribution >= 4 is 34.2 Å². The van der Waals surface area contributed by atoms with E-state index in [9.17, 15) is 28.4 Å². The van der Waals surface area contributed by atoms with Crippen LogP contribution in [-0.4, -0.2) is 97.1 Å². The summed E-state index contributed by atoms with van der Waals surface area (Å²) in [5.74, 6) is 3.48. The Balaban J connectivity index is 0.00000684. The summed E-state index contributed by atoms with van der Waals surface area (Å²) >= 11 is 0. The number of ether oxygens (including phenoxy) is 2. The molecule has 1 fully saturated rings. The van der Waals surface area contributed by atoms with Crippen LogP contribution in [0.2, 0.25) is 0 Å². The lowest BCUT2D eigenvalue weighted by molar-refractivity contribution is -0.193. The van der Waals surface area contributed by atoms with Crippen LogP contribution < -0.4 is 10.2 Å². The molecule has 2 rings (SSSR count). The van der Waals surface area contributed by atoms with Gasteiger partial charge in [-0.15, -0.1) is 18.3 Å². The highest BCUT2D eigenvalue weighted by Gasteiger charge is 2.42. The Labute approximate surface area is 223 Å². The van der Waals surface area contributed by atoms with Crippen molar-refractivity contribution in [3.05, 3.63) is 24.3 Å². The molecule has 1 aromatic rings. The molecule has 1 saturated heterocycles. The molecule has 37 heavy (non-hydrogen) atoms. The minimum absolute atomic E-state index is 0. The summed E-state index contributed by atoms with van der Waals surface area (Å²) in [6.45, 7) is 7.23. The van der Waals surface area contributed by atoms with E-state index in [1.165, 1.54) is 29.7 Å². The van der Waals surface area contributed by atoms with Gasteiger partial charge in [-0.1, -0.05) is 19.8 Å². The van der Waals surface area contributed by atoms with Gasteiger partial charge in [-0.05, 0) is 37.1 Å². The van der Waals surface area contributed by atoms with E-state index in [1.54, 1.807) is 20.8 Å². The first-order chi connectivity index (χ1) is 17.1. The summed E-state index contributed by atoms with van der Waals surface area (Å²) in [6.07, 6.45) is -2.18. The number of carbonyl (C=O) groups is 2. The molecule has 2 amide bonds. The first-order valence-electron chi connectivity index (χ1n) is 11.5. The predicted octanol–water partition coefficient (Wildman–Crippen LogP) is 0.929. The van der Waals surface area contributed by atoms with Crippen molar-refractivity contribution in [1.82, 2.24) is 19.7 Å². The molecule has 1 aliphatic rings. The van der Waals surface area contributed by atoms with Gasteiger partial charge in [0.1, 0.15) is 12.4 Å². The highest BCUT2D eigenvalue weighted by atomic mass is 35.5. The van der Waals surface area contributed by atoms with Gasteiger partial charge in [-0.3, -0.25) is 24.9 Å². The van der Waals surface area contributed by atoms with E-state index in [2.05, 4.69) is 11.8 Å². The maximum absolute atomic E-state index is 13.7. The van der Waals surface area contributed by atoms with Gasteiger partial charge in [0.25, 0.3) is 5.91 Å². The summed E-state index contributed by atoms with van der Waals surface area (Å²) in [7, 11) is -4.44. The Bertz CT molecular complexity index is 1040. The van der Waals surface area contributed by atoms with Crippen LogP contribution in [0.1, 0.15) is 27.2 Å². The van der Waals surface area contributed by atoms with Crippen LogP contribution in [0.3, 0.4) is 0 Å². The number of hydrogen-bond acceptors (Lipinski definition) is 9. The molecule has 0 bridgehead atoms. The van der Waals surface area contributed by atoms with E-state index in [-0.39, 0.29) is 54.4 Å². The van der Waals surface area contributed by atoms with Crippen molar-refractivity contribution in [2.75, 3.05) is 46.0 Å². The van der Waals surface area contributed by atoms with Crippen molar-refractivity contribution in [3.63, 3.8) is 0 Å². The van der Waals surface area contributed by atoms with Crippen LogP contribution >= 0.6 is 12.4 Å². The second kappa shape index (κ2) is 15.7. The first kappa shape index (κ1) is 32.6. The quantitative estimate of drug-likeness (QED) is 0.146. The average molecular weight is 563 g/mol. The number of nitrogens with one attached hydrogen (secondary N) is 1. The van der Waals surface area contributed by atoms with Gasteiger partial charge in [-0.25, -0.2) is 13.9 Å². The Kier molecular flexibility index (Phi) is 13.9. The zero-order valence-corrected chi connectivity index (χ0v) is 22.8. The standard InChI is InChI=1S/C23H34N4O8S.ClH/c1-4-5-14-35-19-6-8-20(9-7-19)36(32,33)26(11-10-25-12-15-34-16-13-25)23(22(29)24-30)27(31)21(28)17-18(2)3;/h6-9,18,23,30-31H,10-17H2,1-3H3,(H,24,29);1H. The second-order valence-electron chi connectivity index (χ2n) is 8.44. The number of benzene rings is 1. The lowest BCUT2D eigenvalue weighted by atomic mass is 10.1. The third kappa shape index (κ3) is 9.42. The molecule has 208 valence electrons. The van der Waals surface area contributed by atoms with E-state index in [1.807, 2.05) is 4.90 Å². The van der Waals surface area contributed by atoms with Crippen molar-refractivity contribution in [3.8, 4) is 17.6 Å². The Morgan fingerprint density at radius 3 is 2.38 bits per heavy atom. The number of sulfonamides is 1. The van der Waals surface area contributed by atoms with Crippen molar-refractivity contribution < 1.29 is 37.9 Å². The molecule has 0 saturated carbocycles. The van der Waals surface area contributed by atoms with E-state index >= 15 is 0 Å². The number of amides is 2. The molecule has 1 atom stereocenters. The molecule has 14 heteroatoms. The molecule has 1 heterocycles. The number of carbonyl (C=O) groups excluding carboxylic acids is 2. The van der Waals surface area contributed by atoms with Gasteiger partial charge < -0.3 is 9.47 Å². The molecule has 3 N–H and O–H groups in total. The maximum Gasteiger partial charge on any atom is 0.284 e. The first-order valence-corrected chi connectivity index (χ1v) is 12.9. The topological polar surface area (TPSA) is 149 Å². The minimum Gasteiger partial charge on any atom is -0.481 e. The average Bonchev–Trinajstić information content (AvgIpc) is 2.86. The minimum atomic E-state index is -4.44. The normalized spacial score (nSPS) is 14.8. The largest absolute Gasteiger partial charge is 0.481 e. The smallest absolute Gasteiger partial charge is 0.284 e. The fourth-order valence-corrected chi connectivity index (χ4v) is 4.99. The van der Waals surface area contributed by atoms with Gasteiger partial charge >= 0.3 is 0 Å². The molecule has 0 radical (unpaired) electrons. The zero-order valence-electron chi connectivity index (χ0n) is 21.1. The summed E-state index contributed by atoms with van der Waals surface area (Å²) in [5.41, 5.74) is 1.37. The maximum atomic E-state index is 13.7. The second-order valence-corrected chi connectivity index (χ2v) is 10.3. The van der Waals surface area contributed by atoms with Crippen LogP contribution in [0.15, 0.2) is 29.2 Å². The molecule has 1 aliphatic heterocycles. The van der Waals surface area contributed by atoms with Crippen LogP contribution in [0.5, 0.6) is 5.75 Å². The molecule has 0 aliphatic carbocycles. The van der Waals surface area contributed by atoms with Gasteiger partial charge in [0.05, 0.1) is 18.1 Å². The van der Waals surface area contributed by atoms with Crippen molar-refractivity contribution in [1.29, 1.82) is 0 Å². The Morgan fingerprint density at radius 2 is 1.84 bits per heavy atom. The zero-order chi connectivity index (χ0) is 26.7. The number of morpholine rings is 1. The number of halogens is 1. The van der Waals surface area contributed by atoms with Crippen molar-refractivity contribution in [2.24, 2.45) is 5.92 Å². The summed E-state index contributed by atoms with van der Waals surface area (Å²) in [5, 5.41) is 20.0. The molecule has 0 spiro atoms. The number of hydrogen-bond donors (Lipinski definition) is 3. The van der Waals surface area contributed by atoms with Gasteiger partial charge in [-0.2, -0.15) is 9.37 Å². The fourth-order valence-electron chi connectivity index (χ4n) is 3.47. The van der Waals surface area contributed by atoms with Crippen LogP contribution in [-0.2, 0) is 24.3 Å². The molecule has 1 aromatic carbocycles. The van der Waals surface area contributed by atoms with E-state index in [0.717, 1.165) is 0 Å². The van der Waals surface area contributed by atoms with Crippen LogP contribution in [0, 0.1) is 17.8 Å². The van der Waals surface area contributed by atoms with E-state index in [4.69, 9.17) is 9.47 Å². The van der Waals surface area contributed by atoms with Gasteiger partial charge in [0.15, 0.2) is 0 Å². The molecule has 1 unspecified atom stereocenters. The number of hydroxylamine groups is 3. The van der Waals surface area contributed by atoms with Crippen molar-refractivity contribution in [2.45, 2.75) is 38.3 Å². The monoisotopic (exact) mass is 562 g/mol. The highest BCUT2D eigenvalue weighted by Crippen LogP contribution is 2.23. The summed E-state index contributed by atoms with van der Waals surface area (Å²) in [6, 6.07) is 5.45. The number of rotatable bonds is 12. The van der Waals surface area contributed by atoms with E-state index < -0.39 is 28.0 Å². The third-order valence-electron chi connectivity index (χ3n) is 5.35. The lowest BCUT2D eigenvalue weighted by Crippen LogP contribution is -2.60. The number of nitrogens with zero attached hydrogens (tertiary/aromatic N) is 3. The third-order valence-corrected chi connectivity index (χ3v) is 7.21. The molecule has 12 nitrogen and oxygen atoms in total. The fraction of sp³-hybridized carbons (Fsp3) is 0.565. The lowest BCUT2D eigenvalue weighted by Gasteiger charge is -2.35. The Hall–Kier alpha value is -2.44. The highest BCUT2D eigenvalue weighted by molar-refractivity contribution is 7.89. The van der Waals surface area contributed by atoms with E-state index in [0.29, 0.717) is 36.4 Å². The van der Waals surface area contributed by atoms with Gasteiger partial charge in [0, 0.05) is 32.6 Å². The van der Waals surface area contributed by atoms with Crippen LogP contribution in [0.25, 0.3) is 0 Å². The Morgan fingerprint density at radius 1 is 1.22 bits per heavy atom. The van der Waals surface area contributed by atoms with Gasteiger partial charge in [0.2, 0.25) is 22.1 Å². The predicted molar refractivity (Wildman–Crippen MR) is 136 cm³/mol. The molecular weight excluding hydrogens is 528 g/mol. The SMILES string of the molecule is CC#CCOc1ccc(S(=O)(=O)N(CCN2CCOCC2)C(C(=O)NO)N(O)C(=O)CC(C)C)cc1.Cl. The molecular formula is C23H35ClN4O8S.